The Labute approximate surface area is 212 Å². The fraction of sp³-hybridized carbons (Fsp3) is 0.536. The molecule has 1 aliphatic heterocycles. The molecule has 1 aliphatic carbocycles. The van der Waals surface area contributed by atoms with E-state index in [1.807, 2.05) is 36.4 Å². The van der Waals surface area contributed by atoms with Crippen molar-refractivity contribution in [2.75, 3.05) is 20.2 Å². The normalized spacial score (nSPS) is 19.5. The molecule has 1 saturated heterocycles. The number of carbonyl (C=O) groups excluding carboxylic acids is 2. The standard InChI is InChI=1S/C28H36FN3O4/c1-28(2,3)36-27(34)31-25(26(33)32-14-13-22(29)17-32)23(15-18-5-6-18)20-9-7-19(8-10-20)21-11-12-24(35-4)30-16-21/h7-12,16,18,22-23,25H,5-6,13-15,17H2,1-4H3,(H,31,34)/t22-,23-,25-/m0/s1. The van der Waals surface area contributed by atoms with Gasteiger partial charge in [0.25, 0.3) is 0 Å². The molecule has 2 heterocycles. The first-order valence-corrected chi connectivity index (χ1v) is 12.7. The first-order valence-electron chi connectivity index (χ1n) is 12.7. The van der Waals surface area contributed by atoms with Crippen LogP contribution in [0, 0.1) is 5.92 Å². The minimum absolute atomic E-state index is 0.0604. The summed E-state index contributed by atoms with van der Waals surface area (Å²) in [6, 6.07) is 10.9. The molecule has 1 N–H and O–H groups in total. The third-order valence-electron chi connectivity index (χ3n) is 6.68. The molecule has 0 radical (unpaired) electrons. The Morgan fingerprint density at radius 2 is 1.81 bits per heavy atom. The lowest BCUT2D eigenvalue weighted by molar-refractivity contribution is -0.133. The Balaban J connectivity index is 1.61. The van der Waals surface area contributed by atoms with Crippen molar-refractivity contribution in [1.29, 1.82) is 0 Å². The molecular weight excluding hydrogens is 461 g/mol. The van der Waals surface area contributed by atoms with Crippen molar-refractivity contribution in [2.45, 2.75) is 70.2 Å². The number of nitrogens with one attached hydrogen (secondary N) is 1. The maximum Gasteiger partial charge on any atom is 0.408 e. The van der Waals surface area contributed by atoms with Crippen molar-refractivity contribution in [1.82, 2.24) is 15.2 Å². The van der Waals surface area contributed by atoms with Gasteiger partial charge in [0.05, 0.1) is 13.7 Å². The van der Waals surface area contributed by atoms with Gasteiger partial charge >= 0.3 is 6.09 Å². The van der Waals surface area contributed by atoms with Gasteiger partial charge in [-0.05, 0) is 56.7 Å². The molecule has 8 heteroatoms. The summed E-state index contributed by atoms with van der Waals surface area (Å²) in [5.41, 5.74) is 2.20. The molecule has 1 aromatic heterocycles. The topological polar surface area (TPSA) is 80.8 Å². The van der Waals surface area contributed by atoms with Crippen LogP contribution < -0.4 is 10.1 Å². The van der Waals surface area contributed by atoms with Gasteiger partial charge in [-0.25, -0.2) is 14.2 Å². The SMILES string of the molecule is COc1ccc(-c2ccc([C@H](CC3CC3)[C@H](NC(=O)OC(C)(C)C)C(=O)N3CC[C@H](F)C3)cc2)cn1. The lowest BCUT2D eigenvalue weighted by atomic mass is 9.85. The number of alkyl halides is 1. The van der Waals surface area contributed by atoms with E-state index in [9.17, 15) is 14.0 Å². The van der Waals surface area contributed by atoms with E-state index in [-0.39, 0.29) is 18.4 Å². The van der Waals surface area contributed by atoms with Crippen LogP contribution in [0.1, 0.15) is 57.9 Å². The highest BCUT2D eigenvalue weighted by atomic mass is 19.1. The van der Waals surface area contributed by atoms with Crippen molar-refractivity contribution in [3.05, 3.63) is 48.2 Å². The molecule has 4 rings (SSSR count). The van der Waals surface area contributed by atoms with Crippen molar-refractivity contribution in [3.63, 3.8) is 0 Å². The molecule has 3 atom stereocenters. The summed E-state index contributed by atoms with van der Waals surface area (Å²) in [6.07, 6.45) is 3.39. The first-order chi connectivity index (χ1) is 17.1. The van der Waals surface area contributed by atoms with Gasteiger partial charge < -0.3 is 19.7 Å². The molecule has 0 unspecified atom stereocenters. The van der Waals surface area contributed by atoms with Crippen LogP contribution in [0.5, 0.6) is 5.88 Å². The van der Waals surface area contributed by atoms with Gasteiger partial charge in [-0.15, -0.1) is 0 Å². The molecule has 1 saturated carbocycles. The molecule has 2 aliphatic rings. The molecule has 1 aromatic carbocycles. The van der Waals surface area contributed by atoms with Gasteiger partial charge in [0.2, 0.25) is 11.8 Å². The minimum Gasteiger partial charge on any atom is -0.481 e. The number of likely N-dealkylation sites (tertiary alicyclic amines) is 1. The summed E-state index contributed by atoms with van der Waals surface area (Å²) in [6.45, 7) is 5.76. The quantitative estimate of drug-likeness (QED) is 0.549. The van der Waals surface area contributed by atoms with Crippen LogP contribution in [0.3, 0.4) is 0 Å². The Bertz CT molecular complexity index is 1050. The second-order valence-electron chi connectivity index (χ2n) is 10.8. The number of hydrogen-bond donors (Lipinski definition) is 1. The van der Waals surface area contributed by atoms with Crippen LogP contribution >= 0.6 is 0 Å². The number of carbonyl (C=O) groups is 2. The van der Waals surface area contributed by atoms with E-state index in [1.165, 1.54) is 4.90 Å². The van der Waals surface area contributed by atoms with E-state index < -0.39 is 23.9 Å². The molecule has 194 valence electrons. The van der Waals surface area contributed by atoms with Crippen LogP contribution in [0.25, 0.3) is 11.1 Å². The van der Waals surface area contributed by atoms with Crippen LogP contribution in [0.2, 0.25) is 0 Å². The fourth-order valence-corrected chi connectivity index (χ4v) is 4.66. The van der Waals surface area contributed by atoms with E-state index in [0.29, 0.717) is 24.8 Å². The molecule has 0 spiro atoms. The summed E-state index contributed by atoms with van der Waals surface area (Å²) in [5, 5.41) is 2.86. The number of halogens is 1. The van der Waals surface area contributed by atoms with Gasteiger partial charge in [0.1, 0.15) is 17.8 Å². The zero-order chi connectivity index (χ0) is 25.9. The highest BCUT2D eigenvalue weighted by Crippen LogP contribution is 2.41. The predicted molar refractivity (Wildman–Crippen MR) is 136 cm³/mol. The highest BCUT2D eigenvalue weighted by Gasteiger charge is 2.40. The molecule has 2 fully saturated rings. The largest absolute Gasteiger partial charge is 0.481 e. The summed E-state index contributed by atoms with van der Waals surface area (Å²) < 4.78 is 24.6. The number of amides is 2. The van der Waals surface area contributed by atoms with Gasteiger partial charge in [-0.2, -0.15) is 0 Å². The molecular formula is C28H36FN3O4. The zero-order valence-electron chi connectivity index (χ0n) is 21.5. The Morgan fingerprint density at radius 3 is 2.33 bits per heavy atom. The number of aromatic nitrogens is 1. The summed E-state index contributed by atoms with van der Waals surface area (Å²) in [7, 11) is 1.58. The smallest absolute Gasteiger partial charge is 0.408 e. The number of methoxy groups -OCH3 is 1. The van der Waals surface area contributed by atoms with E-state index >= 15 is 0 Å². The molecule has 7 nitrogen and oxygen atoms in total. The zero-order valence-corrected chi connectivity index (χ0v) is 21.5. The summed E-state index contributed by atoms with van der Waals surface area (Å²) >= 11 is 0. The Kier molecular flexibility index (Phi) is 7.81. The van der Waals surface area contributed by atoms with Crippen LogP contribution in [0.4, 0.5) is 9.18 Å². The minimum atomic E-state index is -1.03. The average molecular weight is 498 g/mol. The highest BCUT2D eigenvalue weighted by molar-refractivity contribution is 5.87. The average Bonchev–Trinajstić information content (AvgIpc) is 3.57. The van der Waals surface area contributed by atoms with Crippen LogP contribution in [0.15, 0.2) is 42.6 Å². The van der Waals surface area contributed by atoms with Gasteiger partial charge in [0.15, 0.2) is 0 Å². The second-order valence-corrected chi connectivity index (χ2v) is 10.8. The van der Waals surface area contributed by atoms with Crippen LogP contribution in [-0.4, -0.2) is 59.9 Å². The lowest BCUT2D eigenvalue weighted by Gasteiger charge is -2.32. The Hall–Kier alpha value is -3.16. The van der Waals surface area contributed by atoms with Crippen molar-refractivity contribution >= 4 is 12.0 Å². The van der Waals surface area contributed by atoms with E-state index in [0.717, 1.165) is 36.0 Å². The van der Waals surface area contributed by atoms with E-state index in [4.69, 9.17) is 9.47 Å². The number of alkyl carbamates (subject to hydrolysis) is 1. The molecule has 36 heavy (non-hydrogen) atoms. The maximum absolute atomic E-state index is 14.0. The predicted octanol–water partition coefficient (Wildman–Crippen LogP) is 5.10. The summed E-state index contributed by atoms with van der Waals surface area (Å²) in [4.78, 5) is 32.2. The van der Waals surface area contributed by atoms with Gasteiger partial charge in [0, 0.05) is 30.3 Å². The molecule has 0 bridgehead atoms. The number of ether oxygens (including phenoxy) is 2. The van der Waals surface area contributed by atoms with E-state index in [2.05, 4.69) is 10.3 Å². The van der Waals surface area contributed by atoms with Crippen molar-refractivity contribution in [2.24, 2.45) is 5.92 Å². The third-order valence-corrected chi connectivity index (χ3v) is 6.68. The monoisotopic (exact) mass is 497 g/mol. The number of pyridine rings is 1. The number of nitrogens with zero attached hydrogens (tertiary/aromatic N) is 2. The third kappa shape index (κ3) is 6.74. The summed E-state index contributed by atoms with van der Waals surface area (Å²) in [5.74, 6) is 0.546. The first kappa shape index (κ1) is 25.9. The maximum atomic E-state index is 14.0. The lowest BCUT2D eigenvalue weighted by Crippen LogP contribution is -2.52. The van der Waals surface area contributed by atoms with Crippen molar-refractivity contribution < 1.29 is 23.5 Å². The van der Waals surface area contributed by atoms with Gasteiger partial charge in [-0.3, -0.25) is 4.79 Å². The molecule has 2 amide bonds. The second kappa shape index (κ2) is 10.8. The number of hydrogen-bond acceptors (Lipinski definition) is 5. The fourth-order valence-electron chi connectivity index (χ4n) is 4.66. The Morgan fingerprint density at radius 1 is 1.11 bits per heavy atom. The number of benzene rings is 1. The van der Waals surface area contributed by atoms with E-state index in [1.54, 1.807) is 34.1 Å². The van der Waals surface area contributed by atoms with Crippen LogP contribution in [-0.2, 0) is 9.53 Å². The molecule has 2 aromatic rings. The van der Waals surface area contributed by atoms with Gasteiger partial charge in [-0.1, -0.05) is 37.1 Å². The van der Waals surface area contributed by atoms with Crippen molar-refractivity contribution in [3.8, 4) is 17.0 Å². The number of rotatable bonds is 8.